The standard InChI is InChI=1S/C12H18FN3OS/c1-7(6-18-3)16(2)11-4-8(12(15)17)10(14)5-9(11)13/h4-5,7H,6,14H2,1-3H3,(H2,15,17). The van der Waals surface area contributed by atoms with Crippen LogP contribution in [0.1, 0.15) is 17.3 Å². The van der Waals surface area contributed by atoms with Crippen LogP contribution in [0, 0.1) is 5.82 Å². The Labute approximate surface area is 111 Å². The third-order valence-electron chi connectivity index (χ3n) is 2.83. The molecule has 0 aromatic heterocycles. The molecule has 1 unspecified atom stereocenters. The number of hydrogen-bond acceptors (Lipinski definition) is 4. The second-order valence-electron chi connectivity index (χ2n) is 4.17. The lowest BCUT2D eigenvalue weighted by Gasteiger charge is -2.27. The molecule has 0 spiro atoms. The minimum atomic E-state index is -0.653. The van der Waals surface area contributed by atoms with Crippen LogP contribution in [-0.2, 0) is 0 Å². The zero-order valence-corrected chi connectivity index (χ0v) is 11.6. The van der Waals surface area contributed by atoms with Gasteiger partial charge in [-0.15, -0.1) is 0 Å². The van der Waals surface area contributed by atoms with Crippen molar-refractivity contribution < 1.29 is 9.18 Å². The molecule has 4 N–H and O–H groups in total. The summed E-state index contributed by atoms with van der Waals surface area (Å²) in [5.74, 6) is -0.251. The number of carbonyl (C=O) groups is 1. The van der Waals surface area contributed by atoms with Gasteiger partial charge in [0.2, 0.25) is 0 Å². The number of primary amides is 1. The van der Waals surface area contributed by atoms with E-state index in [1.165, 1.54) is 6.07 Å². The number of nitrogens with zero attached hydrogens (tertiary/aromatic N) is 1. The van der Waals surface area contributed by atoms with E-state index in [2.05, 4.69) is 0 Å². The first kappa shape index (κ1) is 14.6. The van der Waals surface area contributed by atoms with E-state index in [4.69, 9.17) is 11.5 Å². The van der Waals surface area contributed by atoms with E-state index in [9.17, 15) is 9.18 Å². The van der Waals surface area contributed by atoms with Crippen LogP contribution in [0.2, 0.25) is 0 Å². The molecule has 0 bridgehead atoms. The summed E-state index contributed by atoms with van der Waals surface area (Å²) in [6.07, 6.45) is 1.98. The van der Waals surface area contributed by atoms with E-state index in [0.717, 1.165) is 11.8 Å². The Morgan fingerprint density at radius 2 is 2.17 bits per heavy atom. The maximum atomic E-state index is 13.9. The highest BCUT2D eigenvalue weighted by molar-refractivity contribution is 7.98. The largest absolute Gasteiger partial charge is 0.398 e. The van der Waals surface area contributed by atoms with Gasteiger partial charge in [-0.1, -0.05) is 0 Å². The Hall–Kier alpha value is -1.43. The molecule has 0 heterocycles. The van der Waals surface area contributed by atoms with Gasteiger partial charge in [0.15, 0.2) is 0 Å². The minimum Gasteiger partial charge on any atom is -0.398 e. The molecule has 1 rings (SSSR count). The number of nitrogens with two attached hydrogens (primary N) is 2. The number of hydrogen-bond donors (Lipinski definition) is 2. The third kappa shape index (κ3) is 3.07. The molecule has 0 saturated heterocycles. The highest BCUT2D eigenvalue weighted by atomic mass is 32.2. The third-order valence-corrected chi connectivity index (χ3v) is 3.65. The van der Waals surface area contributed by atoms with Gasteiger partial charge < -0.3 is 16.4 Å². The fourth-order valence-electron chi connectivity index (χ4n) is 1.65. The normalized spacial score (nSPS) is 12.2. The number of benzene rings is 1. The van der Waals surface area contributed by atoms with Crippen molar-refractivity contribution in [1.82, 2.24) is 0 Å². The van der Waals surface area contributed by atoms with E-state index in [1.54, 1.807) is 23.7 Å². The number of nitrogen functional groups attached to an aromatic ring is 1. The monoisotopic (exact) mass is 271 g/mol. The van der Waals surface area contributed by atoms with E-state index in [0.29, 0.717) is 5.69 Å². The predicted molar refractivity (Wildman–Crippen MR) is 75.6 cm³/mol. The summed E-state index contributed by atoms with van der Waals surface area (Å²) in [4.78, 5) is 13.0. The van der Waals surface area contributed by atoms with Gasteiger partial charge in [0, 0.05) is 24.5 Å². The van der Waals surface area contributed by atoms with Crippen LogP contribution in [0.3, 0.4) is 0 Å². The lowest BCUT2D eigenvalue weighted by molar-refractivity contribution is 0.100. The fourth-order valence-corrected chi connectivity index (χ4v) is 2.36. The molecule has 4 nitrogen and oxygen atoms in total. The molecule has 1 aromatic rings. The molecule has 1 amide bonds. The summed E-state index contributed by atoms with van der Waals surface area (Å²) in [5.41, 5.74) is 11.3. The van der Waals surface area contributed by atoms with Gasteiger partial charge in [-0.05, 0) is 25.3 Å². The van der Waals surface area contributed by atoms with Crippen LogP contribution in [-0.4, -0.2) is 31.0 Å². The van der Waals surface area contributed by atoms with Crippen molar-refractivity contribution in [2.24, 2.45) is 5.73 Å². The van der Waals surface area contributed by atoms with Gasteiger partial charge in [0.25, 0.3) is 5.91 Å². The number of thioether (sulfide) groups is 1. The van der Waals surface area contributed by atoms with Crippen LogP contribution in [0.4, 0.5) is 15.8 Å². The Kier molecular flexibility index (Phi) is 4.84. The molecule has 1 atom stereocenters. The number of anilines is 2. The van der Waals surface area contributed by atoms with Crippen molar-refractivity contribution in [3.8, 4) is 0 Å². The Balaban J connectivity index is 3.15. The van der Waals surface area contributed by atoms with Gasteiger partial charge in [-0.25, -0.2) is 4.39 Å². The summed E-state index contributed by atoms with van der Waals surface area (Å²) < 4.78 is 13.9. The molecule has 0 saturated carbocycles. The average molecular weight is 271 g/mol. The van der Waals surface area contributed by atoms with Crippen LogP contribution in [0.25, 0.3) is 0 Å². The summed E-state index contributed by atoms with van der Waals surface area (Å²) in [6.45, 7) is 1.98. The van der Waals surface area contributed by atoms with Crippen molar-refractivity contribution in [2.75, 3.05) is 29.7 Å². The zero-order valence-electron chi connectivity index (χ0n) is 10.7. The van der Waals surface area contributed by atoms with Gasteiger partial charge in [-0.3, -0.25) is 4.79 Å². The number of carbonyl (C=O) groups excluding carboxylic acids is 1. The molecule has 0 aliphatic rings. The highest BCUT2D eigenvalue weighted by Crippen LogP contribution is 2.26. The minimum absolute atomic E-state index is 0.0645. The first-order valence-corrected chi connectivity index (χ1v) is 6.88. The molecular weight excluding hydrogens is 253 g/mol. The predicted octanol–water partition coefficient (Wildman–Crippen LogP) is 1.69. The van der Waals surface area contributed by atoms with Crippen molar-refractivity contribution in [2.45, 2.75) is 13.0 Å². The second kappa shape index (κ2) is 5.95. The Bertz CT molecular complexity index is 453. The maximum Gasteiger partial charge on any atom is 0.250 e. The van der Waals surface area contributed by atoms with Crippen molar-refractivity contribution >= 4 is 29.0 Å². The van der Waals surface area contributed by atoms with Gasteiger partial charge in [0.05, 0.1) is 11.3 Å². The molecular formula is C12H18FN3OS. The van der Waals surface area contributed by atoms with Gasteiger partial charge in [0.1, 0.15) is 5.82 Å². The van der Waals surface area contributed by atoms with Crippen molar-refractivity contribution in [1.29, 1.82) is 0 Å². The van der Waals surface area contributed by atoms with Crippen LogP contribution in [0.15, 0.2) is 12.1 Å². The first-order chi connectivity index (χ1) is 8.38. The van der Waals surface area contributed by atoms with Gasteiger partial charge in [-0.2, -0.15) is 11.8 Å². The van der Waals surface area contributed by atoms with Crippen molar-refractivity contribution in [3.63, 3.8) is 0 Å². The Morgan fingerprint density at radius 3 is 2.67 bits per heavy atom. The molecule has 18 heavy (non-hydrogen) atoms. The summed E-state index contributed by atoms with van der Waals surface area (Å²) in [5, 5.41) is 0. The lowest BCUT2D eigenvalue weighted by Crippen LogP contribution is -2.32. The summed E-state index contributed by atoms with van der Waals surface area (Å²) in [6, 6.07) is 2.68. The Morgan fingerprint density at radius 1 is 1.56 bits per heavy atom. The zero-order chi connectivity index (χ0) is 13.9. The second-order valence-corrected chi connectivity index (χ2v) is 5.08. The number of halogens is 1. The van der Waals surface area contributed by atoms with E-state index >= 15 is 0 Å². The van der Waals surface area contributed by atoms with Crippen LogP contribution < -0.4 is 16.4 Å². The average Bonchev–Trinajstić information content (AvgIpc) is 2.28. The van der Waals surface area contributed by atoms with E-state index in [1.807, 2.05) is 13.2 Å². The van der Waals surface area contributed by atoms with Gasteiger partial charge >= 0.3 is 0 Å². The maximum absolute atomic E-state index is 13.9. The van der Waals surface area contributed by atoms with E-state index < -0.39 is 11.7 Å². The quantitative estimate of drug-likeness (QED) is 0.799. The number of amides is 1. The summed E-state index contributed by atoms with van der Waals surface area (Å²) in [7, 11) is 1.78. The van der Waals surface area contributed by atoms with Crippen molar-refractivity contribution in [3.05, 3.63) is 23.5 Å². The topological polar surface area (TPSA) is 72.3 Å². The SMILES string of the molecule is CSCC(C)N(C)c1cc(C(N)=O)c(N)cc1F. The smallest absolute Gasteiger partial charge is 0.250 e. The molecule has 6 heteroatoms. The summed E-state index contributed by atoms with van der Waals surface area (Å²) >= 11 is 1.67. The molecule has 1 aromatic carbocycles. The fraction of sp³-hybridized carbons (Fsp3) is 0.417. The van der Waals surface area contributed by atoms with E-state index in [-0.39, 0.29) is 17.3 Å². The molecule has 0 aliphatic carbocycles. The lowest BCUT2D eigenvalue weighted by atomic mass is 10.1. The van der Waals surface area contributed by atoms with Crippen LogP contribution in [0.5, 0.6) is 0 Å². The number of rotatable bonds is 5. The highest BCUT2D eigenvalue weighted by Gasteiger charge is 2.17. The first-order valence-electron chi connectivity index (χ1n) is 5.49. The molecule has 0 radical (unpaired) electrons. The molecule has 0 aliphatic heterocycles. The van der Waals surface area contributed by atoms with Crippen LogP contribution >= 0.6 is 11.8 Å². The molecule has 0 fully saturated rings. The molecule has 100 valence electrons.